The van der Waals surface area contributed by atoms with E-state index in [1.165, 1.54) is 11.1 Å². The lowest BCUT2D eigenvalue weighted by molar-refractivity contribution is 0.101. The van der Waals surface area contributed by atoms with Gasteiger partial charge in [-0.15, -0.1) is 0 Å². The quantitative estimate of drug-likeness (QED) is 0.603. The fraction of sp³-hybridized carbons (Fsp3) is 0.263. The second-order valence-electron chi connectivity index (χ2n) is 6.85. The minimum absolute atomic E-state index is 0.101. The SMILES string of the molecule is Nc1ncc(Cl)c2c1c(C(=O)Nc1ccccc1)nn2C1CCCN(C(=O)O)C1. The van der Waals surface area contributed by atoms with Crippen molar-refractivity contribution in [1.82, 2.24) is 19.7 Å². The summed E-state index contributed by atoms with van der Waals surface area (Å²) < 4.78 is 1.62. The summed E-state index contributed by atoms with van der Waals surface area (Å²) in [5.74, 6) is -0.304. The molecule has 1 unspecified atom stereocenters. The van der Waals surface area contributed by atoms with E-state index in [2.05, 4.69) is 15.4 Å². The van der Waals surface area contributed by atoms with Crippen molar-refractivity contribution in [3.05, 3.63) is 47.2 Å². The Hall–Kier alpha value is -3.33. The Bertz CT molecular complexity index is 1080. The molecule has 1 aromatic carbocycles. The summed E-state index contributed by atoms with van der Waals surface area (Å²) in [6.07, 6.45) is 1.81. The van der Waals surface area contributed by atoms with Gasteiger partial charge in [-0.25, -0.2) is 9.78 Å². The molecule has 29 heavy (non-hydrogen) atoms. The van der Waals surface area contributed by atoms with Gasteiger partial charge in [-0.1, -0.05) is 29.8 Å². The summed E-state index contributed by atoms with van der Waals surface area (Å²) in [5.41, 5.74) is 7.26. The number of anilines is 2. The molecule has 0 radical (unpaired) electrons. The Labute approximate surface area is 171 Å². The van der Waals surface area contributed by atoms with Crippen LogP contribution in [0.2, 0.25) is 5.02 Å². The van der Waals surface area contributed by atoms with Crippen LogP contribution in [0.1, 0.15) is 29.4 Å². The number of benzene rings is 1. The second-order valence-corrected chi connectivity index (χ2v) is 7.26. The van der Waals surface area contributed by atoms with Gasteiger partial charge in [0.15, 0.2) is 5.69 Å². The molecule has 1 saturated heterocycles. The maximum atomic E-state index is 12.9. The van der Waals surface area contributed by atoms with Crippen LogP contribution in [0, 0.1) is 0 Å². The van der Waals surface area contributed by atoms with Crippen molar-refractivity contribution in [2.24, 2.45) is 0 Å². The number of hydrogen-bond acceptors (Lipinski definition) is 5. The van der Waals surface area contributed by atoms with Crippen molar-refractivity contribution in [2.45, 2.75) is 18.9 Å². The van der Waals surface area contributed by atoms with E-state index in [9.17, 15) is 14.7 Å². The van der Waals surface area contributed by atoms with Crippen molar-refractivity contribution in [3.8, 4) is 0 Å². The van der Waals surface area contributed by atoms with Crippen molar-refractivity contribution < 1.29 is 14.7 Å². The van der Waals surface area contributed by atoms with E-state index in [0.717, 1.165) is 0 Å². The highest BCUT2D eigenvalue weighted by Crippen LogP contribution is 2.34. The summed E-state index contributed by atoms with van der Waals surface area (Å²) in [6, 6.07) is 8.72. The molecular formula is C19H19ClN6O3. The van der Waals surface area contributed by atoms with Gasteiger partial charge in [0, 0.05) is 18.8 Å². The normalized spacial score (nSPS) is 16.7. The van der Waals surface area contributed by atoms with Crippen molar-refractivity contribution in [3.63, 3.8) is 0 Å². The molecule has 2 aromatic heterocycles. The van der Waals surface area contributed by atoms with E-state index >= 15 is 0 Å². The predicted molar refractivity (Wildman–Crippen MR) is 109 cm³/mol. The number of nitrogen functional groups attached to an aromatic ring is 1. The molecule has 1 aliphatic heterocycles. The van der Waals surface area contributed by atoms with Crippen LogP contribution in [-0.4, -0.2) is 49.9 Å². The van der Waals surface area contributed by atoms with E-state index in [1.54, 1.807) is 16.8 Å². The zero-order chi connectivity index (χ0) is 20.5. The van der Waals surface area contributed by atoms with Crippen LogP contribution < -0.4 is 11.1 Å². The third kappa shape index (κ3) is 3.56. The first-order valence-electron chi connectivity index (χ1n) is 9.12. The third-order valence-electron chi connectivity index (χ3n) is 4.97. The first kappa shape index (κ1) is 19.0. The van der Waals surface area contributed by atoms with Crippen LogP contribution in [0.25, 0.3) is 10.9 Å². The zero-order valence-corrected chi connectivity index (χ0v) is 16.1. The van der Waals surface area contributed by atoms with E-state index in [4.69, 9.17) is 17.3 Å². The largest absolute Gasteiger partial charge is 0.465 e. The number of amides is 2. The maximum absolute atomic E-state index is 12.9. The topological polar surface area (TPSA) is 126 Å². The molecule has 150 valence electrons. The fourth-order valence-electron chi connectivity index (χ4n) is 3.62. The maximum Gasteiger partial charge on any atom is 0.407 e. The fourth-order valence-corrected chi connectivity index (χ4v) is 3.85. The number of aromatic nitrogens is 3. The molecular weight excluding hydrogens is 396 g/mol. The van der Waals surface area contributed by atoms with Gasteiger partial charge >= 0.3 is 6.09 Å². The van der Waals surface area contributed by atoms with E-state index < -0.39 is 12.0 Å². The highest BCUT2D eigenvalue weighted by Gasteiger charge is 2.30. The van der Waals surface area contributed by atoms with Gasteiger partial charge in [-0.05, 0) is 25.0 Å². The van der Waals surface area contributed by atoms with Crippen LogP contribution in [0.5, 0.6) is 0 Å². The molecule has 4 N–H and O–H groups in total. The molecule has 2 amide bonds. The molecule has 0 aliphatic carbocycles. The van der Waals surface area contributed by atoms with Gasteiger partial charge in [0.1, 0.15) is 5.82 Å². The number of para-hydroxylation sites is 1. The van der Waals surface area contributed by atoms with E-state index in [0.29, 0.717) is 41.0 Å². The molecule has 0 bridgehead atoms. The summed E-state index contributed by atoms with van der Waals surface area (Å²) in [6.45, 7) is 0.716. The van der Waals surface area contributed by atoms with Crippen LogP contribution in [-0.2, 0) is 0 Å². The van der Waals surface area contributed by atoms with Crippen LogP contribution in [0.4, 0.5) is 16.3 Å². The number of nitrogens with zero attached hydrogens (tertiary/aromatic N) is 4. The van der Waals surface area contributed by atoms with Gasteiger partial charge in [0.25, 0.3) is 5.91 Å². The Morgan fingerprint density at radius 3 is 2.76 bits per heavy atom. The predicted octanol–water partition coefficient (Wildman–Crippen LogP) is 3.23. The molecule has 1 atom stereocenters. The Kier molecular flexibility index (Phi) is 4.98. The average Bonchev–Trinajstić information content (AvgIpc) is 3.14. The first-order valence-corrected chi connectivity index (χ1v) is 9.50. The van der Waals surface area contributed by atoms with Crippen LogP contribution in [0.15, 0.2) is 36.5 Å². The van der Waals surface area contributed by atoms with Crippen molar-refractivity contribution in [1.29, 1.82) is 0 Å². The lowest BCUT2D eigenvalue weighted by atomic mass is 10.1. The minimum Gasteiger partial charge on any atom is -0.465 e. The molecule has 3 heterocycles. The summed E-state index contributed by atoms with van der Waals surface area (Å²) in [5, 5.41) is 17.3. The zero-order valence-electron chi connectivity index (χ0n) is 15.4. The van der Waals surface area contributed by atoms with Crippen LogP contribution in [0.3, 0.4) is 0 Å². The van der Waals surface area contributed by atoms with Gasteiger partial charge in [0.05, 0.1) is 28.2 Å². The number of nitrogens with one attached hydrogen (secondary N) is 1. The number of carboxylic acid groups (broad SMARTS) is 1. The summed E-state index contributed by atoms with van der Waals surface area (Å²) >= 11 is 6.39. The van der Waals surface area contributed by atoms with E-state index in [-0.39, 0.29) is 24.1 Å². The van der Waals surface area contributed by atoms with Gasteiger partial charge < -0.3 is 21.1 Å². The summed E-state index contributed by atoms with van der Waals surface area (Å²) in [7, 11) is 0. The molecule has 3 aromatic rings. The Morgan fingerprint density at radius 2 is 2.03 bits per heavy atom. The molecule has 1 fully saturated rings. The minimum atomic E-state index is -0.986. The Morgan fingerprint density at radius 1 is 1.28 bits per heavy atom. The molecule has 0 spiro atoms. The molecule has 9 nitrogen and oxygen atoms in total. The molecule has 4 rings (SSSR count). The number of piperidine rings is 1. The second kappa shape index (κ2) is 7.59. The highest BCUT2D eigenvalue weighted by atomic mass is 35.5. The summed E-state index contributed by atoms with van der Waals surface area (Å²) in [4.78, 5) is 29.8. The molecule has 1 aliphatic rings. The number of rotatable bonds is 3. The highest BCUT2D eigenvalue weighted by molar-refractivity contribution is 6.36. The number of fused-ring (bicyclic) bond motifs is 1. The Balaban J connectivity index is 1.79. The standard InChI is InChI=1S/C19H19ClN6O3/c20-13-9-22-17(21)14-15(18(27)23-11-5-2-1-3-6-11)24-26(16(13)14)12-7-4-8-25(10-12)19(28)29/h1-3,5-6,9,12H,4,7-8,10H2,(H2,21,22)(H,23,27)(H,28,29). The monoisotopic (exact) mass is 414 g/mol. The number of nitrogens with two attached hydrogens (primary N) is 1. The number of hydrogen-bond donors (Lipinski definition) is 3. The van der Waals surface area contributed by atoms with Crippen molar-refractivity contribution in [2.75, 3.05) is 24.1 Å². The van der Waals surface area contributed by atoms with Gasteiger partial charge in [-0.2, -0.15) is 5.10 Å². The van der Waals surface area contributed by atoms with E-state index in [1.807, 2.05) is 18.2 Å². The number of pyridine rings is 1. The lowest BCUT2D eigenvalue weighted by Crippen LogP contribution is -2.40. The number of carbonyl (C=O) groups excluding carboxylic acids is 1. The molecule has 0 saturated carbocycles. The number of carbonyl (C=O) groups is 2. The molecule has 10 heteroatoms. The van der Waals surface area contributed by atoms with Crippen molar-refractivity contribution >= 4 is 46.0 Å². The smallest absolute Gasteiger partial charge is 0.407 e. The van der Waals surface area contributed by atoms with Gasteiger partial charge in [0.2, 0.25) is 0 Å². The lowest BCUT2D eigenvalue weighted by Gasteiger charge is -2.31. The number of likely N-dealkylation sites (tertiary alicyclic amines) is 1. The first-order chi connectivity index (χ1) is 14.0. The average molecular weight is 415 g/mol. The van der Waals surface area contributed by atoms with Crippen LogP contribution >= 0.6 is 11.6 Å². The number of halogens is 1. The third-order valence-corrected chi connectivity index (χ3v) is 5.25. The van der Waals surface area contributed by atoms with Gasteiger partial charge in [-0.3, -0.25) is 9.48 Å².